The number of phosphoric ester groups is 1. The van der Waals surface area contributed by atoms with Crippen molar-refractivity contribution in [3.63, 3.8) is 0 Å². The lowest BCUT2D eigenvalue weighted by Gasteiger charge is -2.21. The first kappa shape index (κ1) is 71.6. The zero-order valence-electron chi connectivity index (χ0n) is 47.4. The minimum atomic E-state index is -4.78. The molecule has 430 valence electrons. The summed E-state index contributed by atoms with van der Waals surface area (Å²) < 4.78 is 39.4. The molecule has 12 heteroatoms. The van der Waals surface area contributed by atoms with Crippen molar-refractivity contribution in [2.24, 2.45) is 0 Å². The third-order valence-corrected chi connectivity index (χ3v) is 12.5. The van der Waals surface area contributed by atoms with Crippen LogP contribution in [-0.4, -0.2) is 66.5 Å². The molecule has 0 aliphatic heterocycles. The van der Waals surface area contributed by atoms with E-state index >= 15 is 0 Å². The van der Waals surface area contributed by atoms with Crippen molar-refractivity contribution in [3.05, 3.63) is 134 Å². The summed E-state index contributed by atoms with van der Waals surface area (Å²) in [5.74, 6) is -1.61. The fourth-order valence-corrected chi connectivity index (χ4v) is 7.96. The van der Waals surface area contributed by atoms with Gasteiger partial charge in [-0.1, -0.05) is 212 Å². The van der Waals surface area contributed by atoms with Gasteiger partial charge in [0.1, 0.15) is 12.7 Å². The van der Waals surface area contributed by atoms with Crippen LogP contribution in [0.3, 0.4) is 0 Å². The molecule has 3 unspecified atom stereocenters. The zero-order valence-corrected chi connectivity index (χ0v) is 48.3. The second-order valence-electron chi connectivity index (χ2n) is 18.7. The van der Waals surface area contributed by atoms with Gasteiger partial charge in [-0.05, 0) is 116 Å². The van der Waals surface area contributed by atoms with Gasteiger partial charge in [-0.15, -0.1) is 0 Å². The first-order valence-electron chi connectivity index (χ1n) is 29.1. The summed E-state index contributed by atoms with van der Waals surface area (Å²) in [6.07, 6.45) is 71.4. The summed E-state index contributed by atoms with van der Waals surface area (Å²) >= 11 is 0. The first-order valence-corrected chi connectivity index (χ1v) is 30.6. The van der Waals surface area contributed by atoms with Crippen LogP contribution in [0.1, 0.15) is 213 Å². The van der Waals surface area contributed by atoms with E-state index in [0.29, 0.717) is 19.3 Å². The van der Waals surface area contributed by atoms with E-state index in [2.05, 4.69) is 142 Å². The smallest absolute Gasteiger partial charge is 0.462 e. The molecule has 0 aliphatic rings. The molecule has 0 rings (SSSR count). The van der Waals surface area contributed by atoms with Gasteiger partial charge < -0.3 is 24.2 Å². The van der Waals surface area contributed by atoms with E-state index in [1.165, 1.54) is 12.8 Å². The van der Waals surface area contributed by atoms with Crippen molar-refractivity contribution < 1.29 is 52.2 Å². The Hall–Kier alpha value is -4.38. The fraction of sp³-hybridized carbons (Fsp3) is 0.609. The predicted molar refractivity (Wildman–Crippen MR) is 316 cm³/mol. The van der Waals surface area contributed by atoms with Crippen LogP contribution in [-0.2, 0) is 42.2 Å². The lowest BCUT2D eigenvalue weighted by Crippen LogP contribution is -2.30. The maximum Gasteiger partial charge on any atom is 0.472 e. The molecule has 0 aromatic carbocycles. The Balaban J connectivity index is 4.89. The Morgan fingerprint density at radius 1 is 0.382 bits per heavy atom. The van der Waals surface area contributed by atoms with Crippen LogP contribution in [0.2, 0.25) is 0 Å². The largest absolute Gasteiger partial charge is 0.472 e. The molecule has 0 aromatic heterocycles. The molecule has 0 aliphatic carbocycles. The molecule has 0 radical (unpaired) electrons. The normalized spacial score (nSPS) is 14.3. The number of carbonyl (C=O) groups excluding carboxylic acids is 3. The number of aliphatic hydroxyl groups is 1. The van der Waals surface area contributed by atoms with Gasteiger partial charge in [0.05, 0.1) is 19.8 Å². The van der Waals surface area contributed by atoms with Crippen LogP contribution >= 0.6 is 7.82 Å². The Labute approximate surface area is 461 Å². The second-order valence-corrected chi connectivity index (χ2v) is 20.1. The molecule has 0 bridgehead atoms. The van der Waals surface area contributed by atoms with Crippen LogP contribution < -0.4 is 0 Å². The number of unbranched alkanes of at least 4 members (excludes halogenated alkanes) is 13. The quantitative estimate of drug-likeness (QED) is 0.0197. The van der Waals surface area contributed by atoms with Crippen LogP contribution in [0.4, 0.5) is 0 Å². The third kappa shape index (κ3) is 54.4. The number of ether oxygens (including phenoxy) is 3. The van der Waals surface area contributed by atoms with Crippen LogP contribution in [0.15, 0.2) is 134 Å². The van der Waals surface area contributed by atoms with E-state index in [4.69, 9.17) is 23.3 Å². The molecule has 3 atom stereocenters. The van der Waals surface area contributed by atoms with E-state index in [1.54, 1.807) is 0 Å². The first-order chi connectivity index (χ1) is 37.2. The molecule has 0 spiro atoms. The second kappa shape index (κ2) is 56.8. The number of hydrogen-bond donors (Lipinski definition) is 2. The van der Waals surface area contributed by atoms with Gasteiger partial charge in [0.25, 0.3) is 0 Å². The van der Waals surface area contributed by atoms with Gasteiger partial charge in [-0.2, -0.15) is 0 Å². The van der Waals surface area contributed by atoms with E-state index in [1.807, 2.05) is 12.2 Å². The molecule has 0 fully saturated rings. The summed E-state index contributed by atoms with van der Waals surface area (Å²) in [5, 5.41) is 9.80. The molecule has 0 heterocycles. The zero-order chi connectivity index (χ0) is 55.5. The van der Waals surface area contributed by atoms with Crippen LogP contribution in [0.25, 0.3) is 0 Å². The molecule has 0 saturated heterocycles. The topological polar surface area (TPSA) is 155 Å². The Bertz CT molecular complexity index is 1780. The molecule has 0 amide bonds. The molecule has 11 nitrogen and oxygen atoms in total. The number of phosphoric acid groups is 1. The highest BCUT2D eigenvalue weighted by Gasteiger charge is 2.28. The molecular formula is C64H103O11P. The summed E-state index contributed by atoms with van der Waals surface area (Å²) in [5.41, 5.74) is 0. The number of aliphatic hydroxyl groups excluding tert-OH is 1. The molecule has 76 heavy (non-hydrogen) atoms. The number of allylic oxidation sites excluding steroid dienone is 22. The van der Waals surface area contributed by atoms with Gasteiger partial charge >= 0.3 is 25.7 Å². The third-order valence-electron chi connectivity index (χ3n) is 11.6. The van der Waals surface area contributed by atoms with Gasteiger partial charge in [-0.25, -0.2) is 4.57 Å². The van der Waals surface area contributed by atoms with E-state index in [-0.39, 0.29) is 25.9 Å². The summed E-state index contributed by atoms with van der Waals surface area (Å²) in [7, 11) is -4.78. The van der Waals surface area contributed by atoms with E-state index < -0.39 is 57.8 Å². The summed E-state index contributed by atoms with van der Waals surface area (Å²) in [4.78, 5) is 48.5. The maximum absolute atomic E-state index is 12.9. The van der Waals surface area contributed by atoms with Crippen molar-refractivity contribution in [2.75, 3.05) is 26.4 Å². The average Bonchev–Trinajstić information content (AvgIpc) is 3.41. The maximum atomic E-state index is 12.9. The summed E-state index contributed by atoms with van der Waals surface area (Å²) in [6, 6.07) is 0. The van der Waals surface area contributed by atoms with Gasteiger partial charge in [-0.3, -0.25) is 23.4 Å². The van der Waals surface area contributed by atoms with E-state index in [0.717, 1.165) is 141 Å². The number of rotatable bonds is 52. The number of carbonyl (C=O) groups is 3. The van der Waals surface area contributed by atoms with Crippen molar-refractivity contribution >= 4 is 25.7 Å². The molecule has 0 aromatic rings. The lowest BCUT2D eigenvalue weighted by molar-refractivity contribution is -0.161. The highest BCUT2D eigenvalue weighted by atomic mass is 31.2. The molecular weight excluding hydrogens is 976 g/mol. The Morgan fingerprint density at radius 2 is 0.711 bits per heavy atom. The SMILES string of the molecule is CC/C=C\C/C=C\C/C=C\C/C=C\C/C=C\C/C=C\CCC(=O)OCC(COP(=O)(O)OCC(CO)OC(=O)CCCCCCC/C=C\CCCC)OC(=O)CCCCCCCC/C=C\C/C=C\C/C=C\C/C=C\CC. The standard InChI is InChI=1S/C64H103O11P/c1-4-7-10-13-16-19-22-24-26-28-30-32-34-36-39-41-44-47-50-53-62(66)71-57-61(75-64(68)55-52-49-46-43-40-37-35-33-31-29-27-25-23-20-17-14-11-8-5-2)59-73-76(69,70)72-58-60(56-65)74-63(67)54-51-48-45-42-38-21-18-15-12-9-6-3/h7-8,10-11,15-20,24-27,30-33,36,39,44,47,60-61,65H,4-6,9,12-14,21-23,28-29,34-35,37-38,40-43,45-46,48-59H2,1-3H3,(H,69,70)/b10-7-,11-8-,18-15-,19-16-,20-17-,26-24-,27-25-,32-30-,33-31-,39-36-,47-44-. The van der Waals surface area contributed by atoms with Crippen LogP contribution in [0.5, 0.6) is 0 Å². The van der Waals surface area contributed by atoms with E-state index in [9.17, 15) is 28.9 Å². The van der Waals surface area contributed by atoms with Gasteiger partial charge in [0.15, 0.2) is 6.10 Å². The highest BCUT2D eigenvalue weighted by molar-refractivity contribution is 7.47. The lowest BCUT2D eigenvalue weighted by atomic mass is 10.1. The average molecular weight is 1080 g/mol. The number of esters is 3. The van der Waals surface area contributed by atoms with Crippen molar-refractivity contribution in [1.82, 2.24) is 0 Å². The van der Waals surface area contributed by atoms with Gasteiger partial charge in [0, 0.05) is 19.3 Å². The molecule has 2 N–H and O–H groups in total. The molecule has 0 saturated carbocycles. The van der Waals surface area contributed by atoms with Gasteiger partial charge in [0.2, 0.25) is 0 Å². The predicted octanol–water partition coefficient (Wildman–Crippen LogP) is 17.4. The van der Waals surface area contributed by atoms with Crippen molar-refractivity contribution in [1.29, 1.82) is 0 Å². The highest BCUT2D eigenvalue weighted by Crippen LogP contribution is 2.43. The Morgan fingerprint density at radius 3 is 1.12 bits per heavy atom. The minimum absolute atomic E-state index is 0.0904. The number of hydrogen-bond acceptors (Lipinski definition) is 10. The fourth-order valence-electron chi connectivity index (χ4n) is 7.18. The minimum Gasteiger partial charge on any atom is -0.462 e. The van der Waals surface area contributed by atoms with Crippen molar-refractivity contribution in [2.45, 2.75) is 226 Å². The van der Waals surface area contributed by atoms with Crippen molar-refractivity contribution in [3.8, 4) is 0 Å². The monoisotopic (exact) mass is 1080 g/mol. The Kier molecular flexibility index (Phi) is 53.5. The van der Waals surface area contributed by atoms with Crippen LogP contribution in [0, 0.1) is 0 Å². The summed E-state index contributed by atoms with van der Waals surface area (Å²) in [6.45, 7) is 4.25.